The summed E-state index contributed by atoms with van der Waals surface area (Å²) in [5.74, 6) is -0.251. The molecule has 2 N–H and O–H groups in total. The third-order valence-electron chi connectivity index (χ3n) is 3.20. The number of piperidine rings is 1. The first-order chi connectivity index (χ1) is 7.19. The van der Waals surface area contributed by atoms with Crippen LogP contribution in [0.5, 0.6) is 0 Å². The van der Waals surface area contributed by atoms with Crippen LogP contribution in [0, 0.1) is 5.92 Å². The molecule has 0 saturated carbocycles. The van der Waals surface area contributed by atoms with E-state index >= 15 is 0 Å². The highest BCUT2D eigenvalue weighted by atomic mass is 16.4. The SMILES string of the molecule is CCC(C(=O)O)N1CCCC(CCO)C1. The van der Waals surface area contributed by atoms with Gasteiger partial charge in [-0.3, -0.25) is 9.69 Å². The lowest BCUT2D eigenvalue weighted by Gasteiger charge is -2.35. The molecule has 2 unspecified atom stereocenters. The van der Waals surface area contributed by atoms with E-state index in [1.54, 1.807) is 0 Å². The second-order valence-electron chi connectivity index (χ2n) is 4.28. The van der Waals surface area contributed by atoms with Crippen LogP contribution in [0.4, 0.5) is 0 Å². The Morgan fingerprint density at radius 2 is 2.33 bits per heavy atom. The molecule has 0 aromatic rings. The molecule has 0 aliphatic carbocycles. The largest absolute Gasteiger partial charge is 0.480 e. The topological polar surface area (TPSA) is 60.8 Å². The third-order valence-corrected chi connectivity index (χ3v) is 3.20. The number of carboxylic acids is 1. The van der Waals surface area contributed by atoms with Crippen LogP contribution < -0.4 is 0 Å². The van der Waals surface area contributed by atoms with Gasteiger partial charge in [-0.25, -0.2) is 0 Å². The summed E-state index contributed by atoms with van der Waals surface area (Å²) < 4.78 is 0. The van der Waals surface area contributed by atoms with Gasteiger partial charge in [0.2, 0.25) is 0 Å². The van der Waals surface area contributed by atoms with Crippen LogP contribution in [0.25, 0.3) is 0 Å². The van der Waals surface area contributed by atoms with Gasteiger partial charge < -0.3 is 10.2 Å². The zero-order chi connectivity index (χ0) is 11.3. The maximum atomic E-state index is 11.0. The summed E-state index contributed by atoms with van der Waals surface area (Å²) in [4.78, 5) is 13.1. The Hall–Kier alpha value is -0.610. The summed E-state index contributed by atoms with van der Waals surface area (Å²) in [7, 11) is 0. The van der Waals surface area contributed by atoms with Gasteiger partial charge in [-0.15, -0.1) is 0 Å². The molecule has 15 heavy (non-hydrogen) atoms. The Bertz CT molecular complexity index is 206. The van der Waals surface area contributed by atoms with Crippen molar-refractivity contribution in [1.29, 1.82) is 0 Å². The van der Waals surface area contributed by atoms with E-state index in [4.69, 9.17) is 10.2 Å². The minimum atomic E-state index is -0.720. The van der Waals surface area contributed by atoms with Crippen LogP contribution in [-0.4, -0.2) is 46.8 Å². The fraction of sp³-hybridized carbons (Fsp3) is 0.909. The Labute approximate surface area is 90.9 Å². The standard InChI is InChI=1S/C11H21NO3/c1-2-10(11(14)15)12-6-3-4-9(8-12)5-7-13/h9-10,13H,2-8H2,1H3,(H,14,15). The van der Waals surface area contributed by atoms with Gasteiger partial charge in [0.1, 0.15) is 6.04 Å². The van der Waals surface area contributed by atoms with Gasteiger partial charge >= 0.3 is 5.97 Å². The van der Waals surface area contributed by atoms with Crippen LogP contribution in [0.1, 0.15) is 32.6 Å². The number of hydrogen-bond acceptors (Lipinski definition) is 3. The number of rotatable bonds is 5. The fourth-order valence-corrected chi connectivity index (χ4v) is 2.39. The van der Waals surface area contributed by atoms with Crippen molar-refractivity contribution in [1.82, 2.24) is 4.90 Å². The normalized spacial score (nSPS) is 25.1. The Morgan fingerprint density at radius 1 is 1.60 bits per heavy atom. The smallest absolute Gasteiger partial charge is 0.320 e. The summed E-state index contributed by atoms with van der Waals surface area (Å²) in [6.07, 6.45) is 3.62. The summed E-state index contributed by atoms with van der Waals surface area (Å²) >= 11 is 0. The van der Waals surface area contributed by atoms with Crippen LogP contribution in [0.3, 0.4) is 0 Å². The van der Waals surface area contributed by atoms with Gasteiger partial charge in [0.15, 0.2) is 0 Å². The molecule has 2 atom stereocenters. The number of aliphatic hydroxyl groups is 1. The lowest BCUT2D eigenvalue weighted by atomic mass is 9.93. The summed E-state index contributed by atoms with van der Waals surface area (Å²) in [5, 5.41) is 17.9. The quantitative estimate of drug-likeness (QED) is 0.716. The summed E-state index contributed by atoms with van der Waals surface area (Å²) in [5.41, 5.74) is 0. The number of carbonyl (C=O) groups is 1. The Kier molecular flexibility index (Phi) is 5.05. The molecule has 1 rings (SSSR count). The van der Waals surface area contributed by atoms with Crippen LogP contribution in [0.2, 0.25) is 0 Å². The molecular weight excluding hydrogens is 194 g/mol. The number of aliphatic hydroxyl groups excluding tert-OH is 1. The first kappa shape index (κ1) is 12.5. The molecule has 1 aliphatic rings. The highest BCUT2D eigenvalue weighted by Gasteiger charge is 2.28. The highest BCUT2D eigenvalue weighted by molar-refractivity contribution is 5.73. The molecule has 88 valence electrons. The highest BCUT2D eigenvalue weighted by Crippen LogP contribution is 2.21. The maximum Gasteiger partial charge on any atom is 0.320 e. The Morgan fingerprint density at radius 3 is 2.87 bits per heavy atom. The van der Waals surface area contributed by atoms with Gasteiger partial charge in [0.05, 0.1) is 0 Å². The summed E-state index contributed by atoms with van der Waals surface area (Å²) in [6.45, 7) is 3.83. The minimum absolute atomic E-state index is 0.211. The van der Waals surface area contributed by atoms with Crippen molar-refractivity contribution < 1.29 is 15.0 Å². The van der Waals surface area contributed by atoms with Crippen molar-refractivity contribution in [2.75, 3.05) is 19.7 Å². The predicted octanol–water partition coefficient (Wildman–Crippen LogP) is 0.944. The molecule has 0 bridgehead atoms. The van der Waals surface area contributed by atoms with Gasteiger partial charge in [0, 0.05) is 13.2 Å². The van der Waals surface area contributed by atoms with Crippen molar-refractivity contribution >= 4 is 5.97 Å². The second-order valence-corrected chi connectivity index (χ2v) is 4.28. The molecule has 0 aromatic heterocycles. The molecule has 4 nitrogen and oxygen atoms in total. The minimum Gasteiger partial charge on any atom is -0.480 e. The molecule has 1 heterocycles. The van der Waals surface area contributed by atoms with Crippen LogP contribution in [-0.2, 0) is 4.79 Å². The van der Waals surface area contributed by atoms with E-state index in [0.29, 0.717) is 12.3 Å². The van der Waals surface area contributed by atoms with Crippen molar-refractivity contribution in [2.45, 2.75) is 38.6 Å². The third kappa shape index (κ3) is 3.47. The first-order valence-electron chi connectivity index (χ1n) is 5.76. The lowest BCUT2D eigenvalue weighted by molar-refractivity contribution is -0.144. The van der Waals surface area contributed by atoms with E-state index in [0.717, 1.165) is 32.4 Å². The molecule has 0 radical (unpaired) electrons. The average Bonchev–Trinajstić information content (AvgIpc) is 2.19. The van der Waals surface area contributed by atoms with E-state index in [1.807, 2.05) is 11.8 Å². The van der Waals surface area contributed by atoms with E-state index in [2.05, 4.69) is 0 Å². The number of aliphatic carboxylic acids is 1. The van der Waals surface area contributed by atoms with Crippen molar-refractivity contribution in [2.24, 2.45) is 5.92 Å². The predicted molar refractivity (Wildman–Crippen MR) is 57.7 cm³/mol. The molecule has 0 amide bonds. The van der Waals surface area contributed by atoms with Crippen molar-refractivity contribution in [3.63, 3.8) is 0 Å². The van der Waals surface area contributed by atoms with Crippen LogP contribution >= 0.6 is 0 Å². The van der Waals surface area contributed by atoms with Crippen molar-refractivity contribution in [3.05, 3.63) is 0 Å². The molecule has 1 aliphatic heterocycles. The van der Waals surface area contributed by atoms with E-state index in [-0.39, 0.29) is 12.6 Å². The Balaban J connectivity index is 2.50. The maximum absolute atomic E-state index is 11.0. The molecule has 4 heteroatoms. The zero-order valence-electron chi connectivity index (χ0n) is 9.35. The zero-order valence-corrected chi connectivity index (χ0v) is 9.35. The van der Waals surface area contributed by atoms with Gasteiger partial charge in [-0.05, 0) is 38.1 Å². The van der Waals surface area contributed by atoms with Gasteiger partial charge in [-0.2, -0.15) is 0 Å². The molecular formula is C11H21NO3. The second kappa shape index (κ2) is 6.08. The van der Waals surface area contributed by atoms with E-state index in [1.165, 1.54) is 0 Å². The number of likely N-dealkylation sites (tertiary alicyclic amines) is 1. The van der Waals surface area contributed by atoms with Crippen LogP contribution in [0.15, 0.2) is 0 Å². The summed E-state index contributed by atoms with van der Waals surface area (Å²) in [6, 6.07) is -0.341. The van der Waals surface area contributed by atoms with Gasteiger partial charge in [-0.1, -0.05) is 6.92 Å². The van der Waals surface area contributed by atoms with Crippen molar-refractivity contribution in [3.8, 4) is 0 Å². The lowest BCUT2D eigenvalue weighted by Crippen LogP contribution is -2.46. The molecule has 0 aromatic carbocycles. The molecule has 0 spiro atoms. The van der Waals surface area contributed by atoms with E-state index < -0.39 is 5.97 Å². The average molecular weight is 215 g/mol. The molecule has 1 saturated heterocycles. The number of nitrogens with zero attached hydrogens (tertiary/aromatic N) is 1. The molecule has 1 fully saturated rings. The number of carboxylic acid groups (broad SMARTS) is 1. The monoisotopic (exact) mass is 215 g/mol. The van der Waals surface area contributed by atoms with E-state index in [9.17, 15) is 4.79 Å². The first-order valence-corrected chi connectivity index (χ1v) is 5.76. The number of hydrogen-bond donors (Lipinski definition) is 2. The van der Waals surface area contributed by atoms with Gasteiger partial charge in [0.25, 0.3) is 0 Å². The fourth-order valence-electron chi connectivity index (χ4n) is 2.39.